The van der Waals surface area contributed by atoms with E-state index in [0.717, 1.165) is 25.2 Å². The minimum absolute atomic E-state index is 0.0109. The Morgan fingerprint density at radius 1 is 1.17 bits per heavy atom. The molecule has 0 aliphatic heterocycles. The third kappa shape index (κ3) is 14.7. The Balaban J connectivity index is 2.61. The van der Waals surface area contributed by atoms with Gasteiger partial charge in [-0.1, -0.05) is 64.2 Å². The Labute approximate surface area is 209 Å². The van der Waals surface area contributed by atoms with Gasteiger partial charge >= 0.3 is 7.12 Å². The molecule has 1 saturated carbocycles. The zero-order chi connectivity index (χ0) is 26.2. The number of hydrogen-bond acceptors (Lipinski definition) is 7. The molecule has 0 aromatic carbocycles. The van der Waals surface area contributed by atoms with Crippen molar-refractivity contribution in [2.24, 2.45) is 28.5 Å². The van der Waals surface area contributed by atoms with Gasteiger partial charge in [-0.05, 0) is 37.5 Å². The Morgan fingerprint density at radius 3 is 2.46 bits per heavy atom. The predicted molar refractivity (Wildman–Crippen MR) is 136 cm³/mol. The van der Waals surface area contributed by atoms with Crippen molar-refractivity contribution in [3.63, 3.8) is 0 Å². The zero-order valence-electron chi connectivity index (χ0n) is 21.3. The van der Waals surface area contributed by atoms with Crippen LogP contribution in [0.4, 0.5) is 0 Å². The lowest BCUT2D eigenvalue weighted by atomic mass is 9.74. The number of rotatable bonds is 17. The van der Waals surface area contributed by atoms with Crippen molar-refractivity contribution in [1.29, 1.82) is 0 Å². The minimum atomic E-state index is -1.70. The number of nitro groups is 1. The highest BCUT2D eigenvalue weighted by Gasteiger charge is 2.30. The number of nitrogens with one attached hydrogen (secondary N) is 2. The minimum Gasteiger partial charge on any atom is -0.426 e. The summed E-state index contributed by atoms with van der Waals surface area (Å²) in [6.45, 7) is 3.98. The number of aliphatic imine (C=N–C) groups is 1. The molecule has 0 saturated heterocycles. The van der Waals surface area contributed by atoms with Gasteiger partial charge in [0.15, 0.2) is 5.03 Å². The number of hydrazine groups is 1. The molecule has 35 heavy (non-hydrogen) atoms. The number of ketones is 1. The standard InChI is InChI=1S/C23H44BN5O6/c1-17(2)15-21(24(32)33)27-22(31)19(12-8-14-26-23(25)28-29(34)35)16-20(30)13-7-6-11-18-9-4-3-5-10-18/h17-19,21,32-33H,3-16H2,1-2H3,(H,27,31)(H3,25,26,28)/t19-,21+/m1/s1. The van der Waals surface area contributed by atoms with Crippen molar-refractivity contribution >= 4 is 24.8 Å². The van der Waals surface area contributed by atoms with Crippen LogP contribution in [0.5, 0.6) is 0 Å². The van der Waals surface area contributed by atoms with Crippen molar-refractivity contribution < 1.29 is 24.7 Å². The Morgan fingerprint density at radius 2 is 1.86 bits per heavy atom. The van der Waals surface area contributed by atoms with E-state index in [1.165, 1.54) is 32.1 Å². The number of amides is 1. The van der Waals surface area contributed by atoms with Gasteiger partial charge in [-0.25, -0.2) is 15.1 Å². The van der Waals surface area contributed by atoms with E-state index in [1.807, 2.05) is 13.8 Å². The van der Waals surface area contributed by atoms with Gasteiger partial charge < -0.3 is 21.1 Å². The summed E-state index contributed by atoms with van der Waals surface area (Å²) in [6, 6.07) is 0. The molecule has 0 unspecified atom stereocenters. The van der Waals surface area contributed by atoms with Crippen LogP contribution in [0.15, 0.2) is 4.99 Å². The van der Waals surface area contributed by atoms with Crippen LogP contribution in [-0.4, -0.2) is 52.3 Å². The van der Waals surface area contributed by atoms with E-state index < -0.39 is 29.9 Å². The monoisotopic (exact) mass is 497 g/mol. The number of carbonyl (C=O) groups excluding carboxylic acids is 2. The average Bonchev–Trinajstić information content (AvgIpc) is 2.78. The van der Waals surface area contributed by atoms with Gasteiger partial charge in [0.05, 0.1) is 5.94 Å². The summed E-state index contributed by atoms with van der Waals surface area (Å²) in [7, 11) is -1.70. The molecule has 1 rings (SSSR count). The predicted octanol–water partition coefficient (Wildman–Crippen LogP) is 2.12. The van der Waals surface area contributed by atoms with Crippen LogP contribution >= 0.6 is 0 Å². The van der Waals surface area contributed by atoms with Crippen molar-refractivity contribution in [2.75, 3.05) is 6.54 Å². The number of carbonyl (C=O) groups is 2. The quantitative estimate of drug-likeness (QED) is 0.0506. The molecule has 0 heterocycles. The van der Waals surface area contributed by atoms with Gasteiger partial charge in [-0.2, -0.15) is 0 Å². The molecule has 0 bridgehead atoms. The number of guanidine groups is 1. The molecular weight excluding hydrogens is 453 g/mol. The Kier molecular flexibility index (Phi) is 15.2. The van der Waals surface area contributed by atoms with Crippen LogP contribution in [0, 0.1) is 27.9 Å². The molecule has 6 N–H and O–H groups in total. The van der Waals surface area contributed by atoms with E-state index in [-0.39, 0.29) is 30.6 Å². The molecule has 1 aliphatic carbocycles. The lowest BCUT2D eigenvalue weighted by Gasteiger charge is -2.23. The van der Waals surface area contributed by atoms with Crippen LogP contribution in [-0.2, 0) is 9.59 Å². The van der Waals surface area contributed by atoms with Gasteiger partial charge in [0.1, 0.15) is 5.78 Å². The fourth-order valence-electron chi connectivity index (χ4n) is 4.66. The van der Waals surface area contributed by atoms with Crippen molar-refractivity contribution in [3.05, 3.63) is 10.1 Å². The molecule has 0 radical (unpaired) electrons. The molecule has 1 aliphatic rings. The highest BCUT2D eigenvalue weighted by atomic mass is 16.7. The first-order valence-electron chi connectivity index (χ1n) is 13.0. The van der Waals surface area contributed by atoms with Gasteiger partial charge in [0, 0.05) is 25.3 Å². The second kappa shape index (κ2) is 17.3. The fraction of sp³-hybridized carbons (Fsp3) is 0.870. The molecule has 1 fully saturated rings. The number of Topliss-reactive ketones (excluding diaryl/α,β-unsaturated/α-hetero) is 1. The second-order valence-corrected chi connectivity index (χ2v) is 10.1. The number of nitrogens with zero attached hydrogens (tertiary/aromatic N) is 2. The van der Waals surface area contributed by atoms with E-state index in [0.29, 0.717) is 25.7 Å². The molecule has 0 spiro atoms. The van der Waals surface area contributed by atoms with Crippen molar-refractivity contribution in [3.8, 4) is 0 Å². The summed E-state index contributed by atoms with van der Waals surface area (Å²) in [6.07, 6.45) is 11.1. The van der Waals surface area contributed by atoms with Crippen LogP contribution in [0.2, 0.25) is 0 Å². The van der Waals surface area contributed by atoms with Crippen LogP contribution in [0.3, 0.4) is 0 Å². The van der Waals surface area contributed by atoms with Gasteiger partial charge in [-0.3, -0.25) is 9.59 Å². The normalized spacial score (nSPS) is 16.5. The van der Waals surface area contributed by atoms with Crippen LogP contribution < -0.4 is 16.5 Å². The summed E-state index contributed by atoms with van der Waals surface area (Å²) >= 11 is 0. The first-order chi connectivity index (χ1) is 16.6. The molecule has 0 aromatic heterocycles. The fourth-order valence-corrected chi connectivity index (χ4v) is 4.66. The highest BCUT2D eigenvalue weighted by molar-refractivity contribution is 6.43. The summed E-state index contributed by atoms with van der Waals surface area (Å²) in [5, 5.41) is 31.6. The van der Waals surface area contributed by atoms with Gasteiger partial charge in [0.25, 0.3) is 5.96 Å². The summed E-state index contributed by atoms with van der Waals surface area (Å²) in [4.78, 5) is 39.8. The smallest absolute Gasteiger partial charge is 0.426 e. The molecule has 2 atom stereocenters. The molecular formula is C23H44BN5O6. The Hall–Kier alpha value is -2.21. The van der Waals surface area contributed by atoms with Gasteiger partial charge in [-0.15, -0.1) is 0 Å². The van der Waals surface area contributed by atoms with E-state index in [2.05, 4.69) is 10.3 Å². The lowest BCUT2D eigenvalue weighted by Crippen LogP contribution is -2.49. The number of hydrogen-bond donors (Lipinski definition) is 5. The topological polar surface area (TPSA) is 180 Å². The summed E-state index contributed by atoms with van der Waals surface area (Å²) in [5.41, 5.74) is 7.16. The molecule has 12 heteroatoms. The van der Waals surface area contributed by atoms with Crippen molar-refractivity contribution in [2.45, 2.75) is 103 Å². The molecule has 1 amide bonds. The largest absolute Gasteiger partial charge is 0.475 e. The Bertz CT molecular complexity index is 685. The van der Waals surface area contributed by atoms with Crippen molar-refractivity contribution in [1.82, 2.24) is 10.7 Å². The number of nitrogens with two attached hydrogens (primary N) is 1. The molecule has 0 aromatic rings. The van der Waals surface area contributed by atoms with E-state index in [9.17, 15) is 29.8 Å². The van der Waals surface area contributed by atoms with E-state index >= 15 is 0 Å². The third-order valence-corrected chi connectivity index (χ3v) is 6.50. The van der Waals surface area contributed by atoms with Crippen LogP contribution in [0.1, 0.15) is 97.3 Å². The maximum atomic E-state index is 12.9. The molecule has 200 valence electrons. The van der Waals surface area contributed by atoms with E-state index in [4.69, 9.17) is 5.73 Å². The maximum Gasteiger partial charge on any atom is 0.475 e. The number of unbranched alkanes of at least 4 members (excludes halogenated alkanes) is 1. The first kappa shape index (κ1) is 30.8. The SMILES string of the molecule is CC(C)C[C@H](NC(=O)[C@H](CCCN=C(N)N[N+](=O)[O-])CC(=O)CCCCC1CCCCC1)B(O)O. The average molecular weight is 497 g/mol. The van der Waals surface area contributed by atoms with Gasteiger partial charge in [0.2, 0.25) is 5.91 Å². The lowest BCUT2D eigenvalue weighted by molar-refractivity contribution is -0.525. The summed E-state index contributed by atoms with van der Waals surface area (Å²) in [5.74, 6) is -1.28. The summed E-state index contributed by atoms with van der Waals surface area (Å²) < 4.78 is 0. The maximum absolute atomic E-state index is 12.9. The zero-order valence-corrected chi connectivity index (χ0v) is 21.3. The molecule has 11 nitrogen and oxygen atoms in total. The van der Waals surface area contributed by atoms with E-state index in [1.54, 1.807) is 5.43 Å². The first-order valence-corrected chi connectivity index (χ1v) is 13.0. The highest BCUT2D eigenvalue weighted by Crippen LogP contribution is 2.28. The second-order valence-electron chi connectivity index (χ2n) is 10.1. The van der Waals surface area contributed by atoms with Crippen LogP contribution in [0.25, 0.3) is 0 Å². The third-order valence-electron chi connectivity index (χ3n) is 6.50.